The van der Waals surface area contributed by atoms with Crippen LogP contribution in [0.1, 0.15) is 61.6 Å². The van der Waals surface area contributed by atoms with Crippen molar-refractivity contribution < 1.29 is 24.2 Å². The van der Waals surface area contributed by atoms with Crippen molar-refractivity contribution in [3.05, 3.63) is 59.7 Å². The Balaban J connectivity index is 1.81. The maximum Gasteiger partial charge on any atom is 0.329 e. The van der Waals surface area contributed by atoms with Crippen molar-refractivity contribution in [1.82, 2.24) is 5.32 Å². The van der Waals surface area contributed by atoms with Crippen LogP contribution >= 0.6 is 0 Å². The maximum atomic E-state index is 12.9. The highest BCUT2D eigenvalue weighted by atomic mass is 16.5. The van der Waals surface area contributed by atoms with Gasteiger partial charge < -0.3 is 19.9 Å². The van der Waals surface area contributed by atoms with Gasteiger partial charge in [0.2, 0.25) is 0 Å². The minimum absolute atomic E-state index is 0.247. The Kier molecular flexibility index (Phi) is 6.65. The average molecular weight is 411 g/mol. The third-order valence-electron chi connectivity index (χ3n) is 5.89. The summed E-state index contributed by atoms with van der Waals surface area (Å²) in [6, 6.07) is 14.6. The van der Waals surface area contributed by atoms with Crippen molar-refractivity contribution in [2.45, 2.75) is 51.2 Å². The van der Waals surface area contributed by atoms with E-state index in [1.165, 1.54) is 7.11 Å². The number of carbonyl (C=O) groups excluding carboxylic acids is 1. The van der Waals surface area contributed by atoms with Crippen LogP contribution in [0.3, 0.4) is 0 Å². The number of carboxylic acids is 1. The van der Waals surface area contributed by atoms with Gasteiger partial charge in [0.1, 0.15) is 11.6 Å². The summed E-state index contributed by atoms with van der Waals surface area (Å²) in [5, 5.41) is 12.6. The van der Waals surface area contributed by atoms with Gasteiger partial charge in [-0.15, -0.1) is 0 Å². The fourth-order valence-electron chi connectivity index (χ4n) is 3.83. The Morgan fingerprint density at radius 1 is 1.10 bits per heavy atom. The van der Waals surface area contributed by atoms with E-state index >= 15 is 0 Å². The zero-order valence-corrected chi connectivity index (χ0v) is 17.7. The van der Waals surface area contributed by atoms with E-state index in [0.29, 0.717) is 35.8 Å². The highest BCUT2D eigenvalue weighted by Gasteiger charge is 2.42. The number of nitrogens with one attached hydrogen (secondary N) is 1. The number of carbonyl (C=O) groups is 2. The molecule has 1 atom stereocenters. The van der Waals surface area contributed by atoms with Crippen molar-refractivity contribution in [2.24, 2.45) is 5.92 Å². The summed E-state index contributed by atoms with van der Waals surface area (Å²) in [4.78, 5) is 24.9. The molecule has 0 aliphatic heterocycles. The fourth-order valence-corrected chi connectivity index (χ4v) is 3.83. The number of hydrogen-bond acceptors (Lipinski definition) is 4. The van der Waals surface area contributed by atoms with E-state index in [4.69, 9.17) is 9.47 Å². The lowest BCUT2D eigenvalue weighted by Crippen LogP contribution is -2.56. The maximum absolute atomic E-state index is 12.9. The molecule has 1 aliphatic rings. The number of hydrogen-bond donors (Lipinski definition) is 2. The Morgan fingerprint density at radius 2 is 1.77 bits per heavy atom. The SMILES string of the molecule is COc1ccc(C(=O)NC2(C(=O)O)CCC(C)CC2)cc1OC(C)c1ccccc1. The molecule has 0 aromatic heterocycles. The van der Waals surface area contributed by atoms with E-state index in [1.54, 1.807) is 18.2 Å². The number of methoxy groups -OCH3 is 1. The van der Waals surface area contributed by atoms with Gasteiger partial charge in [-0.3, -0.25) is 4.79 Å². The first-order chi connectivity index (χ1) is 14.3. The van der Waals surface area contributed by atoms with Crippen LogP contribution in [0, 0.1) is 5.92 Å². The zero-order chi connectivity index (χ0) is 21.7. The number of carboxylic acid groups (broad SMARTS) is 1. The molecule has 2 N–H and O–H groups in total. The van der Waals surface area contributed by atoms with Crippen LogP contribution in [0.15, 0.2) is 48.5 Å². The molecule has 0 saturated heterocycles. The zero-order valence-electron chi connectivity index (χ0n) is 17.7. The number of benzene rings is 2. The molecule has 3 rings (SSSR count). The second-order valence-corrected chi connectivity index (χ2v) is 8.06. The molecule has 1 unspecified atom stereocenters. The summed E-state index contributed by atoms with van der Waals surface area (Å²) < 4.78 is 11.5. The second kappa shape index (κ2) is 9.20. The van der Waals surface area contributed by atoms with E-state index < -0.39 is 17.4 Å². The van der Waals surface area contributed by atoms with E-state index in [1.807, 2.05) is 37.3 Å². The summed E-state index contributed by atoms with van der Waals surface area (Å²) in [7, 11) is 1.54. The minimum atomic E-state index is -1.22. The van der Waals surface area contributed by atoms with Crippen molar-refractivity contribution in [1.29, 1.82) is 0 Å². The summed E-state index contributed by atoms with van der Waals surface area (Å²) in [6.07, 6.45) is 2.17. The van der Waals surface area contributed by atoms with Crippen LogP contribution in [-0.4, -0.2) is 29.6 Å². The standard InChI is InChI=1S/C24H29NO5/c1-16-11-13-24(14-12-16,23(27)28)25-22(26)19-9-10-20(29-3)21(15-19)30-17(2)18-7-5-4-6-8-18/h4-10,15-17H,11-14H2,1-3H3,(H,25,26)(H,27,28). The smallest absolute Gasteiger partial charge is 0.329 e. The quantitative estimate of drug-likeness (QED) is 0.696. The molecule has 0 bridgehead atoms. The molecule has 1 amide bonds. The molecule has 1 aliphatic carbocycles. The van der Waals surface area contributed by atoms with Gasteiger partial charge in [0.15, 0.2) is 11.5 Å². The first kappa shape index (κ1) is 21.7. The van der Waals surface area contributed by atoms with Gasteiger partial charge in [0.05, 0.1) is 7.11 Å². The number of aliphatic carboxylic acids is 1. The van der Waals surface area contributed by atoms with Crippen LogP contribution in [0.25, 0.3) is 0 Å². The summed E-state index contributed by atoms with van der Waals surface area (Å²) in [5.41, 5.74) is 0.114. The highest BCUT2D eigenvalue weighted by molar-refractivity contribution is 5.98. The molecule has 0 radical (unpaired) electrons. The Bertz CT molecular complexity index is 888. The van der Waals surface area contributed by atoms with Gasteiger partial charge in [0.25, 0.3) is 5.91 Å². The summed E-state index contributed by atoms with van der Waals surface area (Å²) >= 11 is 0. The molecule has 6 heteroatoms. The molecule has 1 fully saturated rings. The average Bonchev–Trinajstić information content (AvgIpc) is 2.75. The molecule has 6 nitrogen and oxygen atoms in total. The minimum Gasteiger partial charge on any atom is -0.493 e. The molecule has 0 spiro atoms. The van der Waals surface area contributed by atoms with E-state index in [0.717, 1.165) is 18.4 Å². The lowest BCUT2D eigenvalue weighted by atomic mass is 9.77. The van der Waals surface area contributed by atoms with Gasteiger partial charge >= 0.3 is 5.97 Å². The van der Waals surface area contributed by atoms with Gasteiger partial charge in [-0.25, -0.2) is 4.79 Å². The molecular formula is C24H29NO5. The largest absolute Gasteiger partial charge is 0.493 e. The first-order valence-corrected chi connectivity index (χ1v) is 10.3. The van der Waals surface area contributed by atoms with Crippen LogP contribution in [0.2, 0.25) is 0 Å². The van der Waals surface area contributed by atoms with Gasteiger partial charge in [-0.2, -0.15) is 0 Å². The van der Waals surface area contributed by atoms with Crippen molar-refractivity contribution in [3.8, 4) is 11.5 Å². The fraction of sp³-hybridized carbons (Fsp3) is 0.417. The summed E-state index contributed by atoms with van der Waals surface area (Å²) in [5.74, 6) is 0.00371. The molecule has 1 saturated carbocycles. The lowest BCUT2D eigenvalue weighted by molar-refractivity contribution is -0.146. The Hall–Kier alpha value is -3.02. The monoisotopic (exact) mass is 411 g/mol. The van der Waals surface area contributed by atoms with Crippen molar-refractivity contribution in [3.63, 3.8) is 0 Å². The molecule has 2 aromatic rings. The van der Waals surface area contributed by atoms with Crippen molar-refractivity contribution >= 4 is 11.9 Å². The molecule has 0 heterocycles. The predicted molar refractivity (Wildman–Crippen MR) is 114 cm³/mol. The highest BCUT2D eigenvalue weighted by Crippen LogP contribution is 2.34. The number of rotatable bonds is 7. The van der Waals surface area contributed by atoms with E-state index in [9.17, 15) is 14.7 Å². The van der Waals surface area contributed by atoms with Crippen molar-refractivity contribution in [2.75, 3.05) is 7.11 Å². The Morgan fingerprint density at radius 3 is 2.37 bits per heavy atom. The van der Waals surface area contributed by atoms with Crippen LogP contribution < -0.4 is 14.8 Å². The first-order valence-electron chi connectivity index (χ1n) is 10.3. The normalized spacial score (nSPS) is 22.0. The molecule has 160 valence electrons. The molecular weight excluding hydrogens is 382 g/mol. The van der Waals surface area contributed by atoms with Gasteiger partial charge in [-0.05, 0) is 62.3 Å². The van der Waals surface area contributed by atoms with Crippen LogP contribution in [0.5, 0.6) is 11.5 Å². The third kappa shape index (κ3) is 4.75. The van der Waals surface area contributed by atoms with Gasteiger partial charge in [-0.1, -0.05) is 37.3 Å². The lowest BCUT2D eigenvalue weighted by Gasteiger charge is -2.36. The second-order valence-electron chi connectivity index (χ2n) is 8.06. The molecule has 30 heavy (non-hydrogen) atoms. The predicted octanol–water partition coefficient (Wildman–Crippen LogP) is 4.60. The van der Waals surface area contributed by atoms with E-state index in [-0.39, 0.29) is 6.10 Å². The number of amides is 1. The molecule has 2 aromatic carbocycles. The Labute approximate surface area is 177 Å². The van der Waals surface area contributed by atoms with E-state index in [2.05, 4.69) is 12.2 Å². The summed E-state index contributed by atoms with van der Waals surface area (Å²) in [6.45, 7) is 4.03. The topological polar surface area (TPSA) is 84.9 Å². The van der Waals surface area contributed by atoms with Gasteiger partial charge in [0, 0.05) is 5.56 Å². The third-order valence-corrected chi connectivity index (χ3v) is 5.89. The number of ether oxygens (including phenoxy) is 2. The van der Waals surface area contributed by atoms with Crippen LogP contribution in [-0.2, 0) is 4.79 Å². The van der Waals surface area contributed by atoms with Crippen LogP contribution in [0.4, 0.5) is 0 Å².